The van der Waals surface area contributed by atoms with E-state index in [-0.39, 0.29) is 5.75 Å². The van der Waals surface area contributed by atoms with Crippen molar-refractivity contribution in [3.63, 3.8) is 0 Å². The normalized spacial score (nSPS) is 12.6. The minimum absolute atomic E-state index is 0.276. The molecule has 0 aliphatic heterocycles. The third kappa shape index (κ3) is 3.95. The van der Waals surface area contributed by atoms with Gasteiger partial charge in [0.1, 0.15) is 11.5 Å². The molecular weight excluding hydrogens is 212 g/mol. The third-order valence-electron chi connectivity index (χ3n) is 3.37. The van der Waals surface area contributed by atoms with E-state index in [1.807, 2.05) is 0 Å². The van der Waals surface area contributed by atoms with Crippen molar-refractivity contribution >= 4 is 0 Å². The Morgan fingerprint density at radius 2 is 1.76 bits per heavy atom. The van der Waals surface area contributed by atoms with E-state index < -0.39 is 0 Å². The second-order valence-electron chi connectivity index (χ2n) is 4.95. The predicted octanol–water partition coefficient (Wildman–Crippen LogP) is 4.48. The largest absolute Gasteiger partial charge is 0.508 e. The van der Waals surface area contributed by atoms with Crippen molar-refractivity contribution in [2.75, 3.05) is 0 Å². The molecule has 1 aromatic carbocycles. The number of hydrogen-bond donors (Lipinski definition) is 2. The van der Waals surface area contributed by atoms with Gasteiger partial charge in [0.2, 0.25) is 0 Å². The molecular formula is C15H24O2. The summed E-state index contributed by atoms with van der Waals surface area (Å²) in [6.45, 7) is 6.10. The molecule has 2 N–H and O–H groups in total. The quantitative estimate of drug-likeness (QED) is 0.564. The van der Waals surface area contributed by atoms with Crippen LogP contribution in [0.15, 0.2) is 12.1 Å². The highest BCUT2D eigenvalue weighted by molar-refractivity contribution is 5.45. The van der Waals surface area contributed by atoms with E-state index in [2.05, 4.69) is 13.8 Å². The molecule has 0 heterocycles. The van der Waals surface area contributed by atoms with E-state index >= 15 is 0 Å². The van der Waals surface area contributed by atoms with Crippen LogP contribution in [-0.2, 0) is 0 Å². The second kappa shape index (κ2) is 6.53. The monoisotopic (exact) mass is 236 g/mol. The van der Waals surface area contributed by atoms with Crippen LogP contribution in [0.4, 0.5) is 0 Å². The summed E-state index contributed by atoms with van der Waals surface area (Å²) in [6, 6.07) is 3.35. The van der Waals surface area contributed by atoms with Gasteiger partial charge in [0.05, 0.1) is 0 Å². The third-order valence-corrected chi connectivity index (χ3v) is 3.37. The first kappa shape index (κ1) is 13.9. The van der Waals surface area contributed by atoms with E-state index in [1.54, 1.807) is 19.1 Å². The van der Waals surface area contributed by atoms with Gasteiger partial charge in [-0.25, -0.2) is 0 Å². The molecule has 1 unspecified atom stereocenters. The lowest BCUT2D eigenvalue weighted by Crippen LogP contribution is -1.95. The molecule has 0 radical (unpaired) electrons. The van der Waals surface area contributed by atoms with Crippen molar-refractivity contribution in [2.24, 2.45) is 0 Å². The van der Waals surface area contributed by atoms with Crippen molar-refractivity contribution in [3.05, 3.63) is 23.3 Å². The van der Waals surface area contributed by atoms with Crippen molar-refractivity contribution < 1.29 is 10.2 Å². The van der Waals surface area contributed by atoms with Crippen LogP contribution in [0.3, 0.4) is 0 Å². The number of unbranched alkanes of at least 4 members (excludes halogenated alkanes) is 3. The van der Waals surface area contributed by atoms with Crippen LogP contribution < -0.4 is 0 Å². The zero-order chi connectivity index (χ0) is 12.8. The van der Waals surface area contributed by atoms with Gasteiger partial charge in [0, 0.05) is 5.56 Å². The highest BCUT2D eigenvalue weighted by Gasteiger charge is 2.12. The summed E-state index contributed by atoms with van der Waals surface area (Å²) in [5.74, 6) is 0.889. The highest BCUT2D eigenvalue weighted by Crippen LogP contribution is 2.34. The Kier molecular flexibility index (Phi) is 5.33. The predicted molar refractivity (Wildman–Crippen MR) is 71.7 cm³/mol. The van der Waals surface area contributed by atoms with Crippen molar-refractivity contribution in [2.45, 2.75) is 58.8 Å². The number of aryl methyl sites for hydroxylation is 1. The molecule has 96 valence electrons. The van der Waals surface area contributed by atoms with E-state index in [9.17, 15) is 10.2 Å². The maximum atomic E-state index is 9.88. The fraction of sp³-hybridized carbons (Fsp3) is 0.600. The van der Waals surface area contributed by atoms with Crippen LogP contribution in [0.5, 0.6) is 11.5 Å². The maximum Gasteiger partial charge on any atom is 0.119 e. The smallest absolute Gasteiger partial charge is 0.119 e. The zero-order valence-corrected chi connectivity index (χ0v) is 11.2. The van der Waals surface area contributed by atoms with Gasteiger partial charge in [-0.1, -0.05) is 39.5 Å². The van der Waals surface area contributed by atoms with Gasteiger partial charge in [0.25, 0.3) is 0 Å². The van der Waals surface area contributed by atoms with Gasteiger partial charge in [-0.3, -0.25) is 0 Å². The molecule has 2 nitrogen and oxygen atoms in total. The lowest BCUT2D eigenvalue weighted by atomic mass is 9.93. The SMILES string of the molecule is CCCCCCC(C)c1cc(O)c(C)cc1O. The average Bonchev–Trinajstić information content (AvgIpc) is 2.29. The summed E-state index contributed by atoms with van der Waals surface area (Å²) < 4.78 is 0. The van der Waals surface area contributed by atoms with E-state index in [1.165, 1.54) is 25.7 Å². The lowest BCUT2D eigenvalue weighted by molar-refractivity contribution is 0.443. The van der Waals surface area contributed by atoms with Crippen molar-refractivity contribution in [1.82, 2.24) is 0 Å². The molecule has 0 fully saturated rings. The number of benzene rings is 1. The summed E-state index contributed by atoms with van der Waals surface area (Å²) in [7, 11) is 0. The Morgan fingerprint density at radius 1 is 1.06 bits per heavy atom. The minimum Gasteiger partial charge on any atom is -0.508 e. The molecule has 0 spiro atoms. The molecule has 0 aliphatic carbocycles. The maximum absolute atomic E-state index is 9.88. The summed E-state index contributed by atoms with van der Waals surface area (Å²) in [5.41, 5.74) is 1.59. The van der Waals surface area contributed by atoms with Crippen LogP contribution in [-0.4, -0.2) is 10.2 Å². The molecule has 0 amide bonds. The fourth-order valence-electron chi connectivity index (χ4n) is 2.12. The van der Waals surface area contributed by atoms with Gasteiger partial charge in [-0.15, -0.1) is 0 Å². The molecule has 1 rings (SSSR count). The molecule has 0 saturated carbocycles. The first-order valence-corrected chi connectivity index (χ1v) is 6.58. The highest BCUT2D eigenvalue weighted by atomic mass is 16.3. The number of phenolic OH excluding ortho intramolecular Hbond substituents is 2. The van der Waals surface area contributed by atoms with Crippen LogP contribution in [0.2, 0.25) is 0 Å². The van der Waals surface area contributed by atoms with Gasteiger partial charge in [0.15, 0.2) is 0 Å². The number of aromatic hydroxyl groups is 2. The van der Waals surface area contributed by atoms with Gasteiger partial charge < -0.3 is 10.2 Å². The molecule has 17 heavy (non-hydrogen) atoms. The Hall–Kier alpha value is -1.18. The second-order valence-corrected chi connectivity index (χ2v) is 4.95. The first-order valence-electron chi connectivity index (χ1n) is 6.58. The Labute approximate surface area is 104 Å². The summed E-state index contributed by atoms with van der Waals surface area (Å²) >= 11 is 0. The molecule has 2 heteroatoms. The summed E-state index contributed by atoms with van der Waals surface area (Å²) in [4.78, 5) is 0. The summed E-state index contributed by atoms with van der Waals surface area (Å²) in [6.07, 6.45) is 6.02. The standard InChI is InChI=1S/C15H24O2/c1-4-5-6-7-8-11(2)13-10-14(16)12(3)9-15(13)17/h9-11,16-17H,4-8H2,1-3H3. The van der Waals surface area contributed by atoms with E-state index in [4.69, 9.17) is 0 Å². The Balaban J connectivity index is 2.62. The first-order chi connectivity index (χ1) is 8.06. The number of hydrogen-bond acceptors (Lipinski definition) is 2. The molecule has 0 aromatic heterocycles. The molecule has 1 atom stereocenters. The van der Waals surface area contributed by atoms with Crippen molar-refractivity contribution in [3.8, 4) is 11.5 Å². The van der Waals surface area contributed by atoms with Gasteiger partial charge >= 0.3 is 0 Å². The van der Waals surface area contributed by atoms with Gasteiger partial charge in [-0.05, 0) is 37.0 Å². The molecule has 1 aromatic rings. The van der Waals surface area contributed by atoms with E-state index in [0.717, 1.165) is 17.5 Å². The van der Waals surface area contributed by atoms with Crippen LogP contribution in [0, 0.1) is 6.92 Å². The lowest BCUT2D eigenvalue weighted by Gasteiger charge is -2.14. The van der Waals surface area contributed by atoms with Crippen LogP contribution >= 0.6 is 0 Å². The minimum atomic E-state index is 0.276. The van der Waals surface area contributed by atoms with E-state index in [0.29, 0.717) is 11.7 Å². The van der Waals surface area contributed by atoms with Crippen LogP contribution in [0.25, 0.3) is 0 Å². The molecule has 0 bridgehead atoms. The Morgan fingerprint density at radius 3 is 2.41 bits per heavy atom. The zero-order valence-electron chi connectivity index (χ0n) is 11.2. The van der Waals surface area contributed by atoms with Crippen LogP contribution in [0.1, 0.15) is 63.0 Å². The van der Waals surface area contributed by atoms with Crippen molar-refractivity contribution in [1.29, 1.82) is 0 Å². The molecule has 0 aliphatic rings. The average molecular weight is 236 g/mol. The number of rotatable bonds is 6. The Bertz CT molecular complexity index is 358. The topological polar surface area (TPSA) is 40.5 Å². The fourth-order valence-corrected chi connectivity index (χ4v) is 2.12. The van der Waals surface area contributed by atoms with Gasteiger partial charge in [-0.2, -0.15) is 0 Å². The summed E-state index contributed by atoms with van der Waals surface area (Å²) in [5, 5.41) is 19.5. The molecule has 0 saturated heterocycles. The number of phenols is 2.